The van der Waals surface area contributed by atoms with E-state index in [1.165, 1.54) is 11.8 Å². The number of unbranched alkanes of at least 4 members (excludes halogenated alkanes) is 1. The Morgan fingerprint density at radius 2 is 2.00 bits per heavy atom. The molecule has 2 saturated heterocycles. The smallest absolute Gasteiger partial charge is 0.266 e. The molecule has 6 rings (SSSR count). The zero-order valence-electron chi connectivity index (χ0n) is 22.5. The van der Waals surface area contributed by atoms with Crippen molar-refractivity contribution in [3.05, 3.63) is 65.0 Å². The number of H-pyrrole nitrogens is 2. The van der Waals surface area contributed by atoms with Gasteiger partial charge in [0, 0.05) is 49.9 Å². The zero-order valence-corrected chi connectivity index (χ0v) is 24.2. The highest BCUT2D eigenvalue weighted by molar-refractivity contribution is 8.26. The normalized spacial score (nSPS) is 17.3. The molecule has 0 atom stereocenters. The van der Waals surface area contributed by atoms with Crippen LogP contribution in [0.3, 0.4) is 0 Å². The Kier molecular flexibility index (Phi) is 8.71. The van der Waals surface area contributed by atoms with E-state index in [-0.39, 0.29) is 5.91 Å². The van der Waals surface area contributed by atoms with Crippen molar-refractivity contribution >= 4 is 51.2 Å². The van der Waals surface area contributed by atoms with Crippen LogP contribution in [0.25, 0.3) is 28.1 Å². The van der Waals surface area contributed by atoms with E-state index in [4.69, 9.17) is 21.7 Å². The quantitative estimate of drug-likeness (QED) is 0.150. The maximum atomic E-state index is 13.2. The summed E-state index contributed by atoms with van der Waals surface area (Å²) in [7, 11) is 0. The highest BCUT2D eigenvalue weighted by atomic mass is 32.2. The van der Waals surface area contributed by atoms with E-state index in [1.54, 1.807) is 4.90 Å². The lowest BCUT2D eigenvalue weighted by molar-refractivity contribution is -0.122. The molecule has 0 spiro atoms. The van der Waals surface area contributed by atoms with Gasteiger partial charge in [-0.25, -0.2) is 0 Å². The highest BCUT2D eigenvalue weighted by Crippen LogP contribution is 2.36. The summed E-state index contributed by atoms with van der Waals surface area (Å²) in [4.78, 5) is 21.2. The molecule has 2 aliphatic heterocycles. The lowest BCUT2D eigenvalue weighted by Crippen LogP contribution is -2.38. The van der Waals surface area contributed by atoms with Crippen molar-refractivity contribution in [1.29, 1.82) is 0 Å². The van der Waals surface area contributed by atoms with E-state index in [9.17, 15) is 4.79 Å². The number of tetrazole rings is 1. The van der Waals surface area contributed by atoms with Gasteiger partial charge in [-0.2, -0.15) is 5.21 Å². The molecular weight excluding hydrogens is 558 g/mol. The van der Waals surface area contributed by atoms with E-state index in [1.807, 2.05) is 24.4 Å². The lowest BCUT2D eigenvalue weighted by atomic mass is 10.00. The number of carbonyl (C=O) groups excluding carboxylic acids is 1. The number of hydrogen-bond acceptors (Lipinski definition) is 9. The second-order valence-corrected chi connectivity index (χ2v) is 11.6. The fraction of sp³-hybridized carbons (Fsp3) is 0.345. The predicted octanol–water partition coefficient (Wildman–Crippen LogP) is 4.28. The molecule has 0 radical (unpaired) electrons. The summed E-state index contributed by atoms with van der Waals surface area (Å²) in [6.07, 6.45) is 6.22. The Morgan fingerprint density at radius 3 is 2.85 bits per heavy atom. The Hall–Kier alpha value is -3.58. The van der Waals surface area contributed by atoms with Gasteiger partial charge in [-0.05, 0) is 65.8 Å². The van der Waals surface area contributed by atoms with E-state index in [0.29, 0.717) is 34.6 Å². The van der Waals surface area contributed by atoms with Crippen molar-refractivity contribution in [2.24, 2.45) is 0 Å². The van der Waals surface area contributed by atoms with Crippen LogP contribution in [0.1, 0.15) is 24.2 Å². The first-order valence-corrected chi connectivity index (χ1v) is 15.0. The third-order valence-electron chi connectivity index (χ3n) is 7.23. The van der Waals surface area contributed by atoms with Crippen LogP contribution in [-0.2, 0) is 16.0 Å². The number of carbonyl (C=O) groups is 1. The maximum absolute atomic E-state index is 13.2. The largest absolute Gasteiger partial charge is 0.492 e. The van der Waals surface area contributed by atoms with Crippen molar-refractivity contribution in [2.75, 3.05) is 46.0 Å². The second-order valence-electron chi connectivity index (χ2n) is 9.96. The Bertz CT molecular complexity index is 1550. The summed E-state index contributed by atoms with van der Waals surface area (Å²) in [5.41, 5.74) is 4.05. The third-order valence-corrected chi connectivity index (χ3v) is 8.61. The number of aromatic amines is 2. The van der Waals surface area contributed by atoms with Crippen molar-refractivity contribution in [3.8, 4) is 16.9 Å². The van der Waals surface area contributed by atoms with E-state index >= 15 is 0 Å². The van der Waals surface area contributed by atoms with Crippen LogP contribution in [0, 0.1) is 0 Å². The minimum Gasteiger partial charge on any atom is -0.492 e. The first-order valence-electron chi connectivity index (χ1n) is 13.8. The molecular formula is C29H31N7O3S2. The summed E-state index contributed by atoms with van der Waals surface area (Å²) < 4.78 is 12.4. The minimum absolute atomic E-state index is 0.0549. The van der Waals surface area contributed by atoms with Gasteiger partial charge in [0.05, 0.1) is 18.1 Å². The summed E-state index contributed by atoms with van der Waals surface area (Å²) in [5.74, 6) is 1.44. The number of ether oxygens (including phenoxy) is 2. The Morgan fingerprint density at radius 1 is 1.10 bits per heavy atom. The number of hydrogen-bond donors (Lipinski definition) is 2. The summed E-state index contributed by atoms with van der Waals surface area (Å²) in [5, 5.41) is 15.1. The third kappa shape index (κ3) is 6.67. The highest BCUT2D eigenvalue weighted by Gasteiger charge is 2.31. The number of nitrogens with zero attached hydrogens (tertiary/aromatic N) is 5. The summed E-state index contributed by atoms with van der Waals surface area (Å²) >= 11 is 6.90. The van der Waals surface area contributed by atoms with Gasteiger partial charge in [-0.1, -0.05) is 41.3 Å². The molecule has 2 N–H and O–H groups in total. The maximum Gasteiger partial charge on any atom is 0.266 e. The first kappa shape index (κ1) is 27.6. The van der Waals surface area contributed by atoms with Crippen LogP contribution in [0.5, 0.6) is 5.75 Å². The minimum atomic E-state index is -0.0549. The number of rotatable bonds is 11. The van der Waals surface area contributed by atoms with Crippen LogP contribution in [0.15, 0.2) is 53.6 Å². The molecule has 10 nitrogen and oxygen atoms in total. The van der Waals surface area contributed by atoms with Gasteiger partial charge in [0.2, 0.25) is 0 Å². The van der Waals surface area contributed by atoms with Crippen molar-refractivity contribution in [1.82, 2.24) is 35.4 Å². The first-order chi connectivity index (χ1) is 20.1. The van der Waals surface area contributed by atoms with E-state index < -0.39 is 0 Å². The van der Waals surface area contributed by atoms with Crippen LogP contribution in [0.2, 0.25) is 0 Å². The van der Waals surface area contributed by atoms with Crippen LogP contribution in [0.4, 0.5) is 0 Å². The number of benzene rings is 2. The molecule has 212 valence electrons. The molecule has 4 aromatic rings. The molecule has 0 aliphatic carbocycles. The number of amides is 1. The van der Waals surface area contributed by atoms with Gasteiger partial charge in [-0.3, -0.25) is 14.6 Å². The van der Waals surface area contributed by atoms with Gasteiger partial charge < -0.3 is 14.5 Å². The summed E-state index contributed by atoms with van der Waals surface area (Å²) in [6.45, 7) is 5.39. The van der Waals surface area contributed by atoms with Crippen molar-refractivity contribution < 1.29 is 14.3 Å². The Labute approximate surface area is 247 Å². The molecule has 0 unspecified atom stereocenters. The van der Waals surface area contributed by atoms with Crippen LogP contribution >= 0.6 is 24.0 Å². The number of nitrogens with one attached hydrogen (secondary N) is 2. The molecule has 12 heteroatoms. The zero-order chi connectivity index (χ0) is 28.0. The molecule has 0 bridgehead atoms. The Balaban J connectivity index is 1.18. The lowest BCUT2D eigenvalue weighted by Gasteiger charge is -2.26. The van der Waals surface area contributed by atoms with Crippen LogP contribution in [-0.4, -0.2) is 91.6 Å². The predicted molar refractivity (Wildman–Crippen MR) is 163 cm³/mol. The number of aromatic nitrogens is 5. The average Bonchev–Trinajstić information content (AvgIpc) is 3.74. The fourth-order valence-corrected chi connectivity index (χ4v) is 6.31. The molecule has 0 saturated carbocycles. The van der Waals surface area contributed by atoms with E-state index in [2.05, 4.69) is 60.8 Å². The molecule has 2 aliphatic rings. The van der Waals surface area contributed by atoms with Gasteiger partial charge in [0.1, 0.15) is 16.7 Å². The van der Waals surface area contributed by atoms with Gasteiger partial charge in [0.25, 0.3) is 5.91 Å². The standard InChI is InChI=1S/C29H31N7O3S2/c37-28-26(41-29(40)36(28)10-2-1-3-27-31-33-34-32-27)18-20-4-7-25(39-16-13-35-11-14-38-15-12-35)23(17-20)21-5-6-24-22(19-21)8-9-30-24/h4-9,17-19,30H,1-3,10-16H2,(H,31,32,33,34)/b26-18-. The topological polar surface area (TPSA) is 112 Å². The number of aryl methyl sites for hydroxylation is 1. The van der Waals surface area contributed by atoms with Gasteiger partial charge in [0.15, 0.2) is 5.82 Å². The van der Waals surface area contributed by atoms with E-state index in [0.717, 1.165) is 79.0 Å². The van der Waals surface area contributed by atoms with Gasteiger partial charge in [-0.15, -0.1) is 10.2 Å². The number of morpholine rings is 1. The molecule has 4 heterocycles. The summed E-state index contributed by atoms with van der Waals surface area (Å²) in [6, 6.07) is 14.5. The SMILES string of the molecule is O=C1/C(=C/c2ccc(OCCN3CCOCC3)c(-c3ccc4[nH]ccc4c3)c2)SC(=S)N1CCCCc1nn[nH]n1. The monoisotopic (exact) mass is 589 g/mol. The second kappa shape index (κ2) is 12.9. The molecule has 1 amide bonds. The van der Waals surface area contributed by atoms with Crippen molar-refractivity contribution in [3.63, 3.8) is 0 Å². The number of thioether (sulfide) groups is 1. The molecule has 2 aromatic carbocycles. The molecule has 41 heavy (non-hydrogen) atoms. The fourth-order valence-electron chi connectivity index (χ4n) is 5.00. The van der Waals surface area contributed by atoms with Gasteiger partial charge >= 0.3 is 0 Å². The molecule has 2 aromatic heterocycles. The van der Waals surface area contributed by atoms with Crippen LogP contribution < -0.4 is 4.74 Å². The average molecular weight is 590 g/mol. The number of fused-ring (bicyclic) bond motifs is 1. The van der Waals surface area contributed by atoms with Crippen molar-refractivity contribution in [2.45, 2.75) is 19.3 Å². The molecule has 2 fully saturated rings. The number of thiocarbonyl (C=S) groups is 1.